The van der Waals surface area contributed by atoms with Crippen LogP contribution in [-0.2, 0) is 10.0 Å². The van der Waals surface area contributed by atoms with Crippen LogP contribution in [0.4, 0.5) is 5.82 Å². The number of aromatic nitrogens is 2. The zero-order valence-electron chi connectivity index (χ0n) is 12.6. The highest BCUT2D eigenvalue weighted by Crippen LogP contribution is 2.29. The van der Waals surface area contributed by atoms with Crippen molar-refractivity contribution in [3.8, 4) is 0 Å². The van der Waals surface area contributed by atoms with Crippen molar-refractivity contribution in [2.75, 3.05) is 4.41 Å². The number of hydrogen-bond acceptors (Lipinski definition) is 3. The Hall–Kier alpha value is -1.67. The summed E-state index contributed by atoms with van der Waals surface area (Å²) in [7, 11) is -3.96. The van der Waals surface area contributed by atoms with Gasteiger partial charge < -0.3 is 0 Å². The second kappa shape index (κ2) is 7.29. The Morgan fingerprint density at radius 2 is 1.64 bits per heavy atom. The Morgan fingerprint density at radius 3 is 2.24 bits per heavy atom. The van der Waals surface area contributed by atoms with Crippen LogP contribution < -0.4 is 9.09 Å². The molecule has 0 N–H and O–H groups in total. The van der Waals surface area contributed by atoms with Gasteiger partial charge in [0.05, 0.1) is 14.4 Å². The summed E-state index contributed by atoms with van der Waals surface area (Å²) in [4.78, 5) is 4.27. The van der Waals surface area contributed by atoms with Gasteiger partial charge in [0.25, 0.3) is 0 Å². The Morgan fingerprint density at radius 1 is 1.00 bits per heavy atom. The largest absolute Gasteiger partial charge is 0.315 e. The maximum absolute atomic E-state index is 13.2. The van der Waals surface area contributed by atoms with E-state index in [9.17, 15) is 8.42 Å². The average Bonchev–Trinajstić information content (AvgIpc) is 2.58. The van der Waals surface area contributed by atoms with Crippen LogP contribution in [0.25, 0.3) is 0 Å². The van der Waals surface area contributed by atoms with Crippen LogP contribution in [-0.4, -0.2) is 13.4 Å². The van der Waals surface area contributed by atoms with Crippen LogP contribution in [0, 0.1) is 0 Å². The van der Waals surface area contributed by atoms with Gasteiger partial charge in [-0.25, -0.2) is 4.98 Å². The molecule has 5 nitrogen and oxygen atoms in total. The molecule has 3 rings (SSSR count). The third-order valence-corrected chi connectivity index (χ3v) is 5.95. The molecule has 0 bridgehead atoms. The molecule has 0 aliphatic heterocycles. The maximum atomic E-state index is 13.2. The van der Waals surface area contributed by atoms with Crippen molar-refractivity contribution in [2.45, 2.75) is 4.90 Å². The topological polar surface area (TPSA) is 54.2 Å². The minimum Gasteiger partial charge on any atom is -0.230 e. The molecule has 9 heteroatoms. The molecule has 3 aromatic rings. The van der Waals surface area contributed by atoms with E-state index < -0.39 is 10.0 Å². The number of rotatable bonds is 4. The van der Waals surface area contributed by atoms with Crippen molar-refractivity contribution in [2.24, 2.45) is 0 Å². The summed E-state index contributed by atoms with van der Waals surface area (Å²) in [6.07, 6.45) is 4.60. The lowest BCUT2D eigenvalue weighted by Gasteiger charge is -2.17. The Labute approximate surface area is 163 Å². The van der Waals surface area contributed by atoms with E-state index in [0.29, 0.717) is 14.5 Å². The molecule has 25 heavy (non-hydrogen) atoms. The zero-order valence-corrected chi connectivity index (χ0v) is 16.5. The fraction of sp³-hybridized carbons (Fsp3) is 0. The van der Waals surface area contributed by atoms with Gasteiger partial charge in [0, 0.05) is 23.4 Å². The molecular formula is C16H11BrCl2N3O2S+. The van der Waals surface area contributed by atoms with E-state index in [0.717, 1.165) is 4.41 Å². The number of anilines is 1. The Balaban J connectivity index is 2.23. The summed E-state index contributed by atoms with van der Waals surface area (Å²) in [6.45, 7) is 0. The lowest BCUT2D eigenvalue weighted by molar-refractivity contribution is -0.668. The molecule has 1 aromatic carbocycles. The minimum absolute atomic E-state index is 0.0805. The number of halogens is 3. The first-order valence-corrected chi connectivity index (χ1v) is 9.97. The van der Waals surface area contributed by atoms with E-state index in [1.165, 1.54) is 35.1 Å². The highest BCUT2D eigenvalue weighted by atomic mass is 79.9. The van der Waals surface area contributed by atoms with Gasteiger partial charge in [0.2, 0.25) is 18.2 Å². The standard InChI is InChI=1S/C16H11BrCl2N3O2S/c17-15-10-13(19)11-20-16(15)22(21-8-2-1-3-9-21)25(23,24)14-6-4-12(18)5-7-14/h1-11H/q+1. The smallest absolute Gasteiger partial charge is 0.230 e. The van der Waals surface area contributed by atoms with Crippen molar-refractivity contribution in [1.29, 1.82) is 0 Å². The fourth-order valence-electron chi connectivity index (χ4n) is 2.11. The van der Waals surface area contributed by atoms with Crippen LogP contribution in [0.2, 0.25) is 10.0 Å². The van der Waals surface area contributed by atoms with E-state index in [1.807, 2.05) is 0 Å². The highest BCUT2D eigenvalue weighted by molar-refractivity contribution is 9.10. The quantitative estimate of drug-likeness (QED) is 0.552. The summed E-state index contributed by atoms with van der Waals surface area (Å²) < 4.78 is 29.4. The Kier molecular flexibility index (Phi) is 5.29. The molecule has 128 valence electrons. The second-order valence-electron chi connectivity index (χ2n) is 4.92. The predicted octanol–water partition coefficient (Wildman–Crippen LogP) is 4.10. The monoisotopic (exact) mass is 458 g/mol. The molecule has 0 aliphatic carbocycles. The molecule has 0 radical (unpaired) electrons. The second-order valence-corrected chi connectivity index (χ2v) is 8.41. The number of hydrogen-bond donors (Lipinski definition) is 0. The van der Waals surface area contributed by atoms with Crippen LogP contribution >= 0.6 is 39.1 Å². The molecule has 2 aromatic heterocycles. The first-order valence-electron chi connectivity index (χ1n) is 6.98. The van der Waals surface area contributed by atoms with E-state index in [4.69, 9.17) is 23.2 Å². The van der Waals surface area contributed by atoms with Gasteiger partial charge in [-0.15, -0.1) is 0 Å². The first-order chi connectivity index (χ1) is 11.9. The summed E-state index contributed by atoms with van der Waals surface area (Å²) in [5, 5.41) is 0.834. The molecule has 0 spiro atoms. The maximum Gasteiger partial charge on any atom is 0.315 e. The summed E-state index contributed by atoms with van der Waals surface area (Å²) in [5.41, 5.74) is 0. The fourth-order valence-corrected chi connectivity index (χ4v) is 4.57. The molecular weight excluding hydrogens is 449 g/mol. The Bertz CT molecular complexity index is 1000. The van der Waals surface area contributed by atoms with Gasteiger partial charge in [0.1, 0.15) is 0 Å². The van der Waals surface area contributed by atoms with Crippen molar-refractivity contribution in [1.82, 2.24) is 4.98 Å². The van der Waals surface area contributed by atoms with Crippen LogP contribution in [0.1, 0.15) is 0 Å². The first kappa shape index (κ1) is 18.1. The number of pyridine rings is 2. The number of benzene rings is 1. The van der Waals surface area contributed by atoms with Crippen LogP contribution in [0.5, 0.6) is 0 Å². The van der Waals surface area contributed by atoms with Crippen LogP contribution in [0.15, 0.2) is 76.5 Å². The van der Waals surface area contributed by atoms with E-state index >= 15 is 0 Å². The highest BCUT2D eigenvalue weighted by Gasteiger charge is 2.35. The molecule has 0 aliphatic rings. The van der Waals surface area contributed by atoms with Crippen LogP contribution in [0.3, 0.4) is 0 Å². The van der Waals surface area contributed by atoms with E-state index in [1.54, 1.807) is 36.7 Å². The number of sulfonamides is 1. The molecule has 2 heterocycles. The van der Waals surface area contributed by atoms with Crippen molar-refractivity contribution < 1.29 is 13.1 Å². The van der Waals surface area contributed by atoms with Gasteiger partial charge in [-0.2, -0.15) is 8.42 Å². The molecule has 0 saturated carbocycles. The minimum atomic E-state index is -3.96. The zero-order chi connectivity index (χ0) is 18.0. The van der Waals surface area contributed by atoms with Gasteiger partial charge in [0.15, 0.2) is 0 Å². The van der Waals surface area contributed by atoms with Gasteiger partial charge in [-0.3, -0.25) is 0 Å². The van der Waals surface area contributed by atoms with Crippen molar-refractivity contribution in [3.05, 3.63) is 81.6 Å². The molecule has 0 unspecified atom stereocenters. The van der Waals surface area contributed by atoms with Gasteiger partial charge in [-0.1, -0.05) is 33.9 Å². The number of nitrogens with zero attached hydrogens (tertiary/aromatic N) is 3. The summed E-state index contributed by atoms with van der Waals surface area (Å²) in [5.74, 6) is 0.176. The average molecular weight is 460 g/mol. The lowest BCUT2D eigenvalue weighted by Crippen LogP contribution is -2.57. The third-order valence-electron chi connectivity index (χ3n) is 3.22. The summed E-state index contributed by atoms with van der Waals surface area (Å²) >= 11 is 15.1. The molecule has 0 fully saturated rings. The summed E-state index contributed by atoms with van der Waals surface area (Å²) in [6, 6.07) is 12.7. The molecule has 0 atom stereocenters. The van der Waals surface area contributed by atoms with Gasteiger partial charge >= 0.3 is 10.0 Å². The normalized spacial score (nSPS) is 11.3. The SMILES string of the molecule is O=S(=O)(c1ccc(Cl)cc1)N(c1ncc(Cl)cc1Br)[n+]1ccccc1. The predicted molar refractivity (Wildman–Crippen MR) is 100 cm³/mol. The van der Waals surface area contributed by atoms with Crippen molar-refractivity contribution >= 4 is 55.0 Å². The lowest BCUT2D eigenvalue weighted by atomic mass is 10.4. The van der Waals surface area contributed by atoms with Crippen molar-refractivity contribution in [3.63, 3.8) is 0 Å². The third kappa shape index (κ3) is 3.79. The van der Waals surface area contributed by atoms with E-state index in [-0.39, 0.29) is 10.7 Å². The molecule has 0 saturated heterocycles. The molecule has 0 amide bonds. The van der Waals surface area contributed by atoms with Gasteiger partial charge in [-0.05, 0) is 50.7 Å². The van der Waals surface area contributed by atoms with E-state index in [2.05, 4.69) is 20.9 Å².